The number of carbonyl (C=O) groups is 2. The number of thiophene rings is 1. The van der Waals surface area contributed by atoms with E-state index in [1.54, 1.807) is 31.2 Å². The van der Waals surface area contributed by atoms with Crippen LogP contribution >= 0.6 is 22.9 Å². The Morgan fingerprint density at radius 1 is 1.12 bits per heavy atom. The number of benzene rings is 1. The molecule has 3 N–H and O–H groups in total. The first-order valence-electron chi connectivity index (χ1n) is 12.2. The van der Waals surface area contributed by atoms with Crippen molar-refractivity contribution in [2.24, 2.45) is 5.73 Å². The summed E-state index contributed by atoms with van der Waals surface area (Å²) < 4.78 is 82.3. The second-order valence-corrected chi connectivity index (χ2v) is 11.0. The van der Waals surface area contributed by atoms with Crippen LogP contribution in [0.3, 0.4) is 0 Å². The number of aryl methyl sites for hydroxylation is 2. The number of amides is 2. The third-order valence-electron chi connectivity index (χ3n) is 6.52. The van der Waals surface area contributed by atoms with Crippen molar-refractivity contribution in [3.05, 3.63) is 62.9 Å². The third kappa shape index (κ3) is 5.75. The fourth-order valence-electron chi connectivity index (χ4n) is 4.46. The van der Waals surface area contributed by atoms with Crippen molar-refractivity contribution in [3.63, 3.8) is 0 Å². The Labute approximate surface area is 237 Å². The van der Waals surface area contributed by atoms with Gasteiger partial charge in [0.2, 0.25) is 5.91 Å². The molecule has 0 bridgehead atoms. The number of nitrogens with zero attached hydrogens (tertiary/aromatic N) is 3. The quantitative estimate of drug-likeness (QED) is 0.215. The van der Waals surface area contributed by atoms with Crippen LogP contribution in [0.15, 0.2) is 30.3 Å². The zero-order valence-corrected chi connectivity index (χ0v) is 22.7. The second-order valence-electron chi connectivity index (χ2n) is 9.61. The molecule has 1 aromatic carbocycles. The van der Waals surface area contributed by atoms with Crippen LogP contribution in [0.1, 0.15) is 57.5 Å². The largest absolute Gasteiger partial charge is 0.436 e. The number of alkyl halides is 6. The molecule has 5 rings (SSSR count). The van der Waals surface area contributed by atoms with Gasteiger partial charge in [0.25, 0.3) is 5.91 Å². The summed E-state index contributed by atoms with van der Waals surface area (Å²) in [6.45, 7) is 1.54. The number of nitrogens with one attached hydrogen (secondary N) is 1. The average molecular weight is 616 g/mol. The van der Waals surface area contributed by atoms with Gasteiger partial charge in [0.15, 0.2) is 5.69 Å². The fraction of sp³-hybridized carbons (Fsp3) is 0.308. The number of fused-ring (bicyclic) bond motifs is 1. The van der Waals surface area contributed by atoms with Crippen LogP contribution in [0, 0.1) is 6.92 Å². The number of nitrogens with two attached hydrogens (primary N) is 1. The van der Waals surface area contributed by atoms with Crippen LogP contribution in [0.5, 0.6) is 0 Å². The molecular formula is C26H20ClF6N5O2S. The second kappa shape index (κ2) is 10.3. The summed E-state index contributed by atoms with van der Waals surface area (Å²) in [5, 5.41) is 5.70. The predicted octanol–water partition coefficient (Wildman–Crippen LogP) is 7.16. The van der Waals surface area contributed by atoms with Gasteiger partial charge in [-0.15, -0.1) is 11.3 Å². The Morgan fingerprint density at radius 2 is 1.78 bits per heavy atom. The molecule has 2 amide bonds. The lowest BCUT2D eigenvalue weighted by atomic mass is 10.00. The maximum Gasteiger partial charge on any atom is 0.436 e. The summed E-state index contributed by atoms with van der Waals surface area (Å²) in [5.41, 5.74) is 4.42. The standard InChI is InChI=1S/C26H20ClF6N5O2S/c1-11-2-4-12(5-3-11)14-10-15(25(28,29)30)35-24-17(14)19(21(41-24)23(34)40)36-16(39)8-9-38-20(13-6-7-13)18(27)22(37-38)26(31,32)33/h2-5,10,13H,6-9H2,1H3,(H2,34,40)(H,36,39). The monoisotopic (exact) mass is 615 g/mol. The molecular weight excluding hydrogens is 596 g/mol. The molecule has 1 aliphatic rings. The van der Waals surface area contributed by atoms with Crippen molar-refractivity contribution in [2.75, 3.05) is 5.32 Å². The minimum absolute atomic E-state index is 0.0612. The number of hydrogen-bond donors (Lipinski definition) is 2. The van der Waals surface area contributed by atoms with Crippen molar-refractivity contribution in [1.29, 1.82) is 0 Å². The number of pyridine rings is 1. The van der Waals surface area contributed by atoms with Crippen LogP contribution in [-0.4, -0.2) is 26.6 Å². The first-order chi connectivity index (χ1) is 19.1. The molecule has 3 heterocycles. The van der Waals surface area contributed by atoms with Gasteiger partial charge in [-0.2, -0.15) is 31.4 Å². The number of halogens is 7. The zero-order chi connectivity index (χ0) is 29.9. The van der Waals surface area contributed by atoms with Gasteiger partial charge in [-0.3, -0.25) is 14.3 Å². The van der Waals surface area contributed by atoms with Gasteiger partial charge in [0.1, 0.15) is 15.4 Å². The molecule has 0 unspecified atom stereocenters. The summed E-state index contributed by atoms with van der Waals surface area (Å²) in [7, 11) is 0. The number of aromatic nitrogens is 3. The van der Waals surface area contributed by atoms with Gasteiger partial charge in [-0.1, -0.05) is 41.4 Å². The number of carbonyl (C=O) groups excluding carboxylic acids is 2. The molecule has 0 radical (unpaired) electrons. The Kier molecular flexibility index (Phi) is 7.26. The maximum absolute atomic E-state index is 13.7. The first kappa shape index (κ1) is 28.9. The molecule has 1 aliphatic carbocycles. The lowest BCUT2D eigenvalue weighted by Gasteiger charge is -2.13. The van der Waals surface area contributed by atoms with Crippen molar-refractivity contribution >= 4 is 50.7 Å². The summed E-state index contributed by atoms with van der Waals surface area (Å²) in [6.07, 6.45) is -8.69. The molecule has 216 valence electrons. The average Bonchev–Trinajstić information content (AvgIpc) is 3.55. The molecule has 3 aromatic heterocycles. The Morgan fingerprint density at radius 3 is 2.34 bits per heavy atom. The van der Waals surface area contributed by atoms with E-state index in [0.717, 1.165) is 16.3 Å². The number of anilines is 1. The van der Waals surface area contributed by atoms with Crippen molar-refractivity contribution < 1.29 is 35.9 Å². The van der Waals surface area contributed by atoms with Crippen LogP contribution in [0.2, 0.25) is 5.02 Å². The minimum Gasteiger partial charge on any atom is -0.365 e. The maximum atomic E-state index is 13.7. The summed E-state index contributed by atoms with van der Waals surface area (Å²) in [4.78, 5) is 28.6. The normalized spacial score (nSPS) is 14.0. The van der Waals surface area contributed by atoms with Gasteiger partial charge in [0, 0.05) is 17.7 Å². The molecule has 7 nitrogen and oxygen atoms in total. The Balaban J connectivity index is 1.53. The first-order valence-corrected chi connectivity index (χ1v) is 13.4. The van der Waals surface area contributed by atoms with Crippen molar-refractivity contribution in [1.82, 2.24) is 14.8 Å². The summed E-state index contributed by atoms with van der Waals surface area (Å²) in [6, 6.07) is 7.40. The van der Waals surface area contributed by atoms with E-state index in [0.29, 0.717) is 29.7 Å². The highest BCUT2D eigenvalue weighted by Crippen LogP contribution is 2.47. The van der Waals surface area contributed by atoms with E-state index in [4.69, 9.17) is 17.3 Å². The highest BCUT2D eigenvalue weighted by atomic mass is 35.5. The molecule has 1 fully saturated rings. The SMILES string of the molecule is Cc1ccc(-c2cc(C(F)(F)F)nc3sc(C(N)=O)c(NC(=O)CCn4nc(C(F)(F)F)c(Cl)c4C4CC4)c23)cc1. The van der Waals surface area contributed by atoms with Gasteiger partial charge >= 0.3 is 12.4 Å². The van der Waals surface area contributed by atoms with Gasteiger partial charge in [0.05, 0.1) is 22.9 Å². The summed E-state index contributed by atoms with van der Waals surface area (Å²) in [5.74, 6) is -1.94. The van der Waals surface area contributed by atoms with E-state index >= 15 is 0 Å². The van der Waals surface area contributed by atoms with E-state index in [-0.39, 0.29) is 50.9 Å². The smallest absolute Gasteiger partial charge is 0.365 e. The highest BCUT2D eigenvalue weighted by molar-refractivity contribution is 7.21. The molecule has 0 saturated heterocycles. The van der Waals surface area contributed by atoms with Crippen LogP contribution < -0.4 is 11.1 Å². The molecule has 15 heteroatoms. The Bertz CT molecular complexity index is 1670. The van der Waals surface area contributed by atoms with Crippen LogP contribution in [0.25, 0.3) is 21.3 Å². The molecule has 0 aliphatic heterocycles. The molecule has 41 heavy (non-hydrogen) atoms. The number of hydrogen-bond acceptors (Lipinski definition) is 5. The van der Waals surface area contributed by atoms with E-state index in [2.05, 4.69) is 15.4 Å². The van der Waals surface area contributed by atoms with E-state index < -0.39 is 40.6 Å². The van der Waals surface area contributed by atoms with E-state index in [1.807, 2.05) is 0 Å². The summed E-state index contributed by atoms with van der Waals surface area (Å²) >= 11 is 6.58. The van der Waals surface area contributed by atoms with Crippen molar-refractivity contribution in [3.8, 4) is 11.1 Å². The topological polar surface area (TPSA) is 103 Å². The lowest BCUT2D eigenvalue weighted by molar-refractivity contribution is -0.142. The molecule has 0 spiro atoms. The Hall–Kier alpha value is -3.65. The fourth-order valence-corrected chi connectivity index (χ4v) is 5.86. The third-order valence-corrected chi connectivity index (χ3v) is 7.99. The highest BCUT2D eigenvalue weighted by Gasteiger charge is 2.42. The van der Waals surface area contributed by atoms with E-state index in [1.165, 1.54) is 0 Å². The predicted molar refractivity (Wildman–Crippen MR) is 141 cm³/mol. The minimum atomic E-state index is -4.80. The molecule has 0 atom stereocenters. The molecule has 4 aromatic rings. The van der Waals surface area contributed by atoms with Gasteiger partial charge < -0.3 is 11.1 Å². The zero-order valence-electron chi connectivity index (χ0n) is 21.1. The van der Waals surface area contributed by atoms with Crippen LogP contribution in [-0.2, 0) is 23.7 Å². The van der Waals surface area contributed by atoms with Gasteiger partial charge in [-0.25, -0.2) is 4.98 Å². The molecule has 1 saturated carbocycles. The van der Waals surface area contributed by atoms with Crippen molar-refractivity contribution in [2.45, 2.75) is 51.0 Å². The number of rotatable bonds is 7. The van der Waals surface area contributed by atoms with Crippen LogP contribution in [0.4, 0.5) is 32.0 Å². The lowest BCUT2D eigenvalue weighted by Crippen LogP contribution is -2.19. The van der Waals surface area contributed by atoms with Gasteiger partial charge in [-0.05, 0) is 37.0 Å². The number of primary amides is 1. The van der Waals surface area contributed by atoms with E-state index in [9.17, 15) is 35.9 Å².